The van der Waals surface area contributed by atoms with E-state index in [0.717, 1.165) is 25.2 Å². The molecule has 3 aliphatic rings. The maximum Gasteiger partial charge on any atom is 0.274 e. The molecule has 8 nitrogen and oxygen atoms in total. The maximum absolute atomic E-state index is 13.9. The molecule has 1 aromatic carbocycles. The van der Waals surface area contributed by atoms with Crippen molar-refractivity contribution in [3.8, 4) is 22.6 Å². The quantitative estimate of drug-likeness (QED) is 0.430. The number of amides is 1. The number of fused-ring (bicyclic) bond motifs is 1. The second-order valence-corrected chi connectivity index (χ2v) is 10.6. The molecule has 0 radical (unpaired) electrons. The number of H-pyrrole nitrogens is 1. The lowest BCUT2D eigenvalue weighted by molar-refractivity contribution is -0.0439. The monoisotopic (exact) mass is 502 g/mol. The number of aromatic amines is 1. The third-order valence-corrected chi connectivity index (χ3v) is 7.75. The van der Waals surface area contributed by atoms with Gasteiger partial charge in [-0.15, -0.1) is 0 Å². The SMILES string of the molecule is Cc1cc(F)cc(C)c1Oc1cn(C)c(=O)cc1-c1cn(C)c(=O)c2[nH]c(C(=O)NC34CC(C3)C4)cc12. The van der Waals surface area contributed by atoms with Gasteiger partial charge in [0.15, 0.2) is 5.75 Å². The van der Waals surface area contributed by atoms with Crippen LogP contribution in [0, 0.1) is 25.6 Å². The molecule has 2 bridgehead atoms. The van der Waals surface area contributed by atoms with E-state index in [0.29, 0.717) is 44.8 Å². The molecule has 0 spiro atoms. The van der Waals surface area contributed by atoms with Gasteiger partial charge in [0.2, 0.25) is 0 Å². The Morgan fingerprint density at radius 1 is 1.03 bits per heavy atom. The molecular formula is C28H27FN4O4. The van der Waals surface area contributed by atoms with Crippen LogP contribution in [0.2, 0.25) is 0 Å². The molecule has 2 N–H and O–H groups in total. The van der Waals surface area contributed by atoms with Gasteiger partial charge in [-0.05, 0) is 68.4 Å². The Hall–Kier alpha value is -4.14. The molecular weight excluding hydrogens is 475 g/mol. The fourth-order valence-electron chi connectivity index (χ4n) is 5.68. The van der Waals surface area contributed by atoms with Crippen molar-refractivity contribution in [2.75, 3.05) is 0 Å². The zero-order chi connectivity index (χ0) is 26.2. The number of ether oxygens (including phenoxy) is 1. The molecule has 1 amide bonds. The highest BCUT2D eigenvalue weighted by molar-refractivity contribution is 6.03. The van der Waals surface area contributed by atoms with Crippen LogP contribution in [0.15, 0.2) is 46.2 Å². The molecule has 7 rings (SSSR count). The van der Waals surface area contributed by atoms with Gasteiger partial charge in [-0.1, -0.05) is 0 Å². The maximum atomic E-state index is 13.9. The van der Waals surface area contributed by atoms with Crippen molar-refractivity contribution < 1.29 is 13.9 Å². The Kier molecular flexibility index (Phi) is 4.99. The Bertz CT molecular complexity index is 1710. The van der Waals surface area contributed by atoms with Crippen molar-refractivity contribution in [1.82, 2.24) is 19.4 Å². The molecule has 4 aromatic rings. The standard InChI is InChI=1S/C28H27FN4O4/c1-14-5-17(29)6-15(2)25(14)37-22-13-32(3)23(34)8-18(22)20-12-33(4)27(36)24-19(20)7-21(30-24)26(35)31-28-9-16(10-28)11-28/h5-8,12-13,16,30H,9-11H2,1-4H3,(H,31,35). The van der Waals surface area contributed by atoms with E-state index in [1.807, 2.05) is 0 Å². The van der Waals surface area contributed by atoms with Crippen molar-refractivity contribution in [1.29, 1.82) is 0 Å². The van der Waals surface area contributed by atoms with E-state index in [2.05, 4.69) is 10.3 Å². The van der Waals surface area contributed by atoms with Crippen molar-refractivity contribution in [3.05, 3.63) is 80.0 Å². The van der Waals surface area contributed by atoms with E-state index in [1.54, 1.807) is 46.4 Å². The summed E-state index contributed by atoms with van der Waals surface area (Å²) in [5.74, 6) is 0.950. The summed E-state index contributed by atoms with van der Waals surface area (Å²) in [4.78, 5) is 41.8. The first kappa shape index (κ1) is 23.3. The number of aromatic nitrogens is 3. The lowest BCUT2D eigenvalue weighted by atomic mass is 9.50. The predicted molar refractivity (Wildman–Crippen MR) is 138 cm³/mol. The second kappa shape index (κ2) is 7.93. The molecule has 3 heterocycles. The molecule has 0 atom stereocenters. The van der Waals surface area contributed by atoms with Gasteiger partial charge in [-0.2, -0.15) is 0 Å². The normalized spacial score (nSPS) is 19.9. The van der Waals surface area contributed by atoms with Crippen LogP contribution >= 0.6 is 0 Å². The van der Waals surface area contributed by atoms with E-state index in [4.69, 9.17) is 4.74 Å². The molecule has 3 saturated carbocycles. The zero-order valence-corrected chi connectivity index (χ0v) is 21.1. The zero-order valence-electron chi connectivity index (χ0n) is 21.1. The average Bonchev–Trinajstić information content (AvgIpc) is 3.23. The van der Waals surface area contributed by atoms with Gasteiger partial charge in [0.25, 0.3) is 17.0 Å². The number of benzene rings is 1. The Balaban J connectivity index is 1.50. The number of nitrogens with one attached hydrogen (secondary N) is 2. The first-order chi connectivity index (χ1) is 17.5. The highest BCUT2D eigenvalue weighted by Crippen LogP contribution is 2.57. The van der Waals surface area contributed by atoms with E-state index in [1.165, 1.54) is 27.3 Å². The first-order valence-electron chi connectivity index (χ1n) is 12.2. The van der Waals surface area contributed by atoms with Crippen LogP contribution in [-0.4, -0.2) is 25.6 Å². The summed E-state index contributed by atoms with van der Waals surface area (Å²) in [6.07, 6.45) is 6.21. The van der Waals surface area contributed by atoms with Crippen LogP contribution in [0.3, 0.4) is 0 Å². The number of carbonyl (C=O) groups is 1. The van der Waals surface area contributed by atoms with Crippen LogP contribution in [-0.2, 0) is 14.1 Å². The van der Waals surface area contributed by atoms with Crippen molar-refractivity contribution in [2.45, 2.75) is 38.6 Å². The van der Waals surface area contributed by atoms with E-state index in [-0.39, 0.29) is 33.9 Å². The topological polar surface area (TPSA) is 98.1 Å². The van der Waals surface area contributed by atoms with Gasteiger partial charge in [0.1, 0.15) is 22.8 Å². The number of hydrogen-bond donors (Lipinski definition) is 2. The van der Waals surface area contributed by atoms with Gasteiger partial charge in [-0.25, -0.2) is 4.39 Å². The summed E-state index contributed by atoms with van der Waals surface area (Å²) >= 11 is 0. The van der Waals surface area contributed by atoms with Crippen LogP contribution < -0.4 is 21.2 Å². The minimum absolute atomic E-state index is 0.107. The third-order valence-electron chi connectivity index (χ3n) is 7.75. The van der Waals surface area contributed by atoms with E-state index >= 15 is 0 Å². The summed E-state index contributed by atoms with van der Waals surface area (Å²) in [5.41, 5.74) is 2.12. The van der Waals surface area contributed by atoms with Crippen molar-refractivity contribution in [3.63, 3.8) is 0 Å². The summed E-state index contributed by atoms with van der Waals surface area (Å²) in [5, 5.41) is 3.63. The number of halogens is 1. The smallest absolute Gasteiger partial charge is 0.274 e. The van der Waals surface area contributed by atoms with E-state index in [9.17, 15) is 18.8 Å². The number of aryl methyl sites for hydroxylation is 4. The predicted octanol–water partition coefficient (Wildman–Crippen LogP) is 4.06. The largest absolute Gasteiger partial charge is 0.455 e. The number of hydrogen-bond acceptors (Lipinski definition) is 4. The lowest BCUT2D eigenvalue weighted by Crippen LogP contribution is -2.68. The van der Waals surface area contributed by atoms with Gasteiger partial charge in [-0.3, -0.25) is 14.4 Å². The van der Waals surface area contributed by atoms with Gasteiger partial charge in [0, 0.05) is 48.4 Å². The Labute approximate surface area is 211 Å². The summed E-state index contributed by atoms with van der Waals surface area (Å²) in [6.45, 7) is 3.50. The molecule has 0 unspecified atom stereocenters. The first-order valence-corrected chi connectivity index (χ1v) is 12.2. The van der Waals surface area contributed by atoms with Crippen LogP contribution in [0.25, 0.3) is 22.0 Å². The number of nitrogens with zero attached hydrogens (tertiary/aromatic N) is 2. The molecule has 37 heavy (non-hydrogen) atoms. The molecule has 0 aliphatic heterocycles. The Morgan fingerprint density at radius 3 is 2.32 bits per heavy atom. The fourth-order valence-corrected chi connectivity index (χ4v) is 5.68. The highest BCUT2D eigenvalue weighted by atomic mass is 19.1. The average molecular weight is 503 g/mol. The van der Waals surface area contributed by atoms with Crippen LogP contribution in [0.1, 0.15) is 40.9 Å². The lowest BCUT2D eigenvalue weighted by Gasteiger charge is -2.61. The minimum atomic E-state index is -0.361. The molecule has 3 aromatic heterocycles. The molecule has 190 valence electrons. The Morgan fingerprint density at radius 2 is 1.70 bits per heavy atom. The fraction of sp³-hybridized carbons (Fsp3) is 0.321. The second-order valence-electron chi connectivity index (χ2n) is 10.6. The molecule has 3 fully saturated rings. The van der Waals surface area contributed by atoms with Crippen molar-refractivity contribution >= 4 is 16.8 Å². The van der Waals surface area contributed by atoms with Crippen LogP contribution in [0.5, 0.6) is 11.5 Å². The number of carbonyl (C=O) groups excluding carboxylic acids is 1. The number of pyridine rings is 2. The molecule has 9 heteroatoms. The van der Waals surface area contributed by atoms with Gasteiger partial charge in [0.05, 0.1) is 6.20 Å². The van der Waals surface area contributed by atoms with Crippen LogP contribution in [0.4, 0.5) is 4.39 Å². The van der Waals surface area contributed by atoms with Crippen molar-refractivity contribution in [2.24, 2.45) is 20.0 Å². The minimum Gasteiger partial charge on any atom is -0.455 e. The van der Waals surface area contributed by atoms with Gasteiger partial charge >= 0.3 is 0 Å². The number of rotatable bonds is 5. The molecule has 0 saturated heterocycles. The summed E-state index contributed by atoms with van der Waals surface area (Å²) in [6, 6.07) is 5.87. The third kappa shape index (κ3) is 3.68. The summed E-state index contributed by atoms with van der Waals surface area (Å²) < 4.78 is 23.0. The van der Waals surface area contributed by atoms with E-state index < -0.39 is 0 Å². The van der Waals surface area contributed by atoms with Gasteiger partial charge < -0.3 is 24.2 Å². The molecule has 3 aliphatic carbocycles. The highest BCUT2D eigenvalue weighted by Gasteiger charge is 2.57. The summed E-state index contributed by atoms with van der Waals surface area (Å²) in [7, 11) is 3.23.